The Kier molecular flexibility index (Phi) is 3.68. The van der Waals surface area contributed by atoms with Crippen LogP contribution in [0.15, 0.2) is 18.2 Å². The molecule has 1 aromatic carbocycles. The van der Waals surface area contributed by atoms with Crippen LogP contribution in [0.5, 0.6) is 5.75 Å². The molecule has 0 radical (unpaired) electrons. The Morgan fingerprint density at radius 1 is 1.35 bits per heavy atom. The van der Waals surface area contributed by atoms with E-state index in [1.54, 1.807) is 0 Å². The smallest absolute Gasteiger partial charge is 0.251 e. The summed E-state index contributed by atoms with van der Waals surface area (Å²) in [7, 11) is 0. The maximum atomic E-state index is 12.3. The predicted molar refractivity (Wildman–Crippen MR) is 79.1 cm³/mol. The van der Waals surface area contributed by atoms with Gasteiger partial charge >= 0.3 is 0 Å². The largest absolute Gasteiger partial charge is 0.494 e. The van der Waals surface area contributed by atoms with Crippen molar-refractivity contribution in [2.24, 2.45) is 11.8 Å². The minimum absolute atomic E-state index is 0.0636. The molecule has 3 atom stereocenters. The highest BCUT2D eigenvalue weighted by molar-refractivity contribution is 5.94. The molecule has 0 aromatic heterocycles. The zero-order chi connectivity index (χ0) is 14.1. The Bertz CT molecular complexity index is 512. The molecule has 0 unspecified atom stereocenters. The van der Waals surface area contributed by atoms with Crippen LogP contribution in [0.3, 0.4) is 0 Å². The van der Waals surface area contributed by atoms with Crippen LogP contribution in [0, 0.1) is 18.8 Å². The van der Waals surface area contributed by atoms with Gasteiger partial charge in [-0.1, -0.05) is 6.42 Å². The first-order valence-electron chi connectivity index (χ1n) is 7.71. The van der Waals surface area contributed by atoms with Crippen molar-refractivity contribution in [2.45, 2.75) is 45.6 Å². The summed E-state index contributed by atoms with van der Waals surface area (Å²) in [4.78, 5) is 12.3. The molecule has 2 bridgehead atoms. The van der Waals surface area contributed by atoms with Crippen molar-refractivity contribution in [2.75, 3.05) is 6.61 Å². The van der Waals surface area contributed by atoms with Gasteiger partial charge in [-0.3, -0.25) is 4.79 Å². The molecular weight excluding hydrogens is 250 g/mol. The van der Waals surface area contributed by atoms with Crippen molar-refractivity contribution in [3.8, 4) is 5.75 Å². The average molecular weight is 273 g/mol. The van der Waals surface area contributed by atoms with Crippen molar-refractivity contribution in [3.63, 3.8) is 0 Å². The normalized spacial score (nSPS) is 27.6. The molecule has 20 heavy (non-hydrogen) atoms. The third-order valence-electron chi connectivity index (χ3n) is 4.79. The molecule has 1 aromatic rings. The van der Waals surface area contributed by atoms with Crippen LogP contribution in [-0.2, 0) is 0 Å². The van der Waals surface area contributed by atoms with E-state index in [-0.39, 0.29) is 5.91 Å². The molecule has 1 amide bonds. The Morgan fingerprint density at radius 2 is 2.20 bits per heavy atom. The fourth-order valence-corrected chi connectivity index (χ4v) is 3.78. The molecule has 0 spiro atoms. The van der Waals surface area contributed by atoms with E-state index in [2.05, 4.69) is 5.32 Å². The molecule has 3 rings (SSSR count). The van der Waals surface area contributed by atoms with Crippen LogP contribution in [-0.4, -0.2) is 18.6 Å². The molecular formula is C17H23NO2. The Balaban J connectivity index is 1.66. The Labute approximate surface area is 120 Å². The second-order valence-electron chi connectivity index (χ2n) is 6.17. The monoisotopic (exact) mass is 273 g/mol. The van der Waals surface area contributed by atoms with Gasteiger partial charge in [-0.05, 0) is 68.7 Å². The van der Waals surface area contributed by atoms with Gasteiger partial charge < -0.3 is 10.1 Å². The average Bonchev–Trinajstić information content (AvgIpc) is 3.03. The molecule has 3 heteroatoms. The third kappa shape index (κ3) is 2.54. The highest BCUT2D eigenvalue weighted by atomic mass is 16.5. The summed E-state index contributed by atoms with van der Waals surface area (Å²) in [5, 5.41) is 3.23. The van der Waals surface area contributed by atoms with E-state index in [1.807, 2.05) is 32.0 Å². The lowest BCUT2D eigenvalue weighted by Crippen LogP contribution is -2.38. The zero-order valence-corrected chi connectivity index (χ0v) is 12.3. The number of ether oxygens (including phenoxy) is 1. The van der Waals surface area contributed by atoms with Crippen molar-refractivity contribution in [1.29, 1.82) is 0 Å². The van der Waals surface area contributed by atoms with E-state index in [0.717, 1.165) is 22.8 Å². The van der Waals surface area contributed by atoms with Crippen LogP contribution >= 0.6 is 0 Å². The number of carbonyl (C=O) groups is 1. The van der Waals surface area contributed by atoms with Crippen molar-refractivity contribution in [1.82, 2.24) is 5.32 Å². The van der Waals surface area contributed by atoms with E-state index in [9.17, 15) is 4.79 Å². The minimum Gasteiger partial charge on any atom is -0.494 e. The maximum absolute atomic E-state index is 12.3. The van der Waals surface area contributed by atoms with E-state index in [0.29, 0.717) is 18.6 Å². The van der Waals surface area contributed by atoms with Gasteiger partial charge in [0.15, 0.2) is 0 Å². The van der Waals surface area contributed by atoms with Crippen LogP contribution in [0.1, 0.15) is 48.5 Å². The van der Waals surface area contributed by atoms with Gasteiger partial charge in [0.1, 0.15) is 5.75 Å². The van der Waals surface area contributed by atoms with Crippen LogP contribution in [0.25, 0.3) is 0 Å². The quantitative estimate of drug-likeness (QED) is 0.914. The van der Waals surface area contributed by atoms with Crippen molar-refractivity contribution >= 4 is 5.91 Å². The number of hydrogen-bond donors (Lipinski definition) is 1. The third-order valence-corrected chi connectivity index (χ3v) is 4.79. The van der Waals surface area contributed by atoms with Gasteiger partial charge in [-0.2, -0.15) is 0 Å². The molecule has 0 saturated heterocycles. The Morgan fingerprint density at radius 3 is 2.80 bits per heavy atom. The van der Waals surface area contributed by atoms with Crippen molar-refractivity contribution in [3.05, 3.63) is 29.3 Å². The zero-order valence-electron chi connectivity index (χ0n) is 12.3. The standard InChI is InChI=1S/C17H23NO2/c1-3-20-16-7-6-14(8-11(16)2)17(19)18-15-10-12-4-5-13(15)9-12/h6-8,12-13,15H,3-5,9-10H2,1-2H3,(H,18,19)/t12-,13-,15+/m0/s1. The number of nitrogens with one attached hydrogen (secondary N) is 1. The minimum atomic E-state index is 0.0636. The predicted octanol–water partition coefficient (Wildman–Crippen LogP) is 3.31. The number of rotatable bonds is 4. The number of fused-ring (bicyclic) bond motifs is 2. The first kappa shape index (κ1) is 13.5. The number of carbonyl (C=O) groups excluding carboxylic acids is 1. The van der Waals surface area contributed by atoms with Gasteiger partial charge in [0.25, 0.3) is 5.91 Å². The van der Waals surface area contributed by atoms with Gasteiger partial charge in [-0.15, -0.1) is 0 Å². The topological polar surface area (TPSA) is 38.3 Å². The molecule has 1 N–H and O–H groups in total. The summed E-state index contributed by atoms with van der Waals surface area (Å²) in [5.41, 5.74) is 1.76. The number of benzene rings is 1. The maximum Gasteiger partial charge on any atom is 0.251 e. The summed E-state index contributed by atoms with van der Waals surface area (Å²) in [5.74, 6) is 2.50. The van der Waals surface area contributed by atoms with E-state index in [4.69, 9.17) is 4.74 Å². The van der Waals surface area contributed by atoms with Crippen molar-refractivity contribution < 1.29 is 9.53 Å². The Hall–Kier alpha value is -1.51. The van der Waals surface area contributed by atoms with Gasteiger partial charge in [0.2, 0.25) is 0 Å². The highest BCUT2D eigenvalue weighted by Gasteiger charge is 2.40. The molecule has 2 fully saturated rings. The lowest BCUT2D eigenvalue weighted by Gasteiger charge is -2.23. The summed E-state index contributed by atoms with van der Waals surface area (Å²) in [6.07, 6.45) is 5.14. The highest BCUT2D eigenvalue weighted by Crippen LogP contribution is 2.44. The first-order valence-corrected chi connectivity index (χ1v) is 7.71. The number of aryl methyl sites for hydroxylation is 1. The second-order valence-corrected chi connectivity index (χ2v) is 6.17. The molecule has 2 aliphatic rings. The van der Waals surface area contributed by atoms with Gasteiger partial charge in [0.05, 0.1) is 6.61 Å². The number of amides is 1. The molecule has 0 aliphatic heterocycles. The summed E-state index contributed by atoms with van der Waals surface area (Å²) in [6, 6.07) is 6.08. The van der Waals surface area contributed by atoms with E-state index >= 15 is 0 Å². The molecule has 0 heterocycles. The summed E-state index contributed by atoms with van der Waals surface area (Å²) in [6.45, 7) is 4.60. The lowest BCUT2D eigenvalue weighted by molar-refractivity contribution is 0.0923. The summed E-state index contributed by atoms with van der Waals surface area (Å²) < 4.78 is 5.51. The lowest BCUT2D eigenvalue weighted by atomic mass is 9.95. The second kappa shape index (κ2) is 5.47. The first-order chi connectivity index (χ1) is 9.67. The fraction of sp³-hybridized carbons (Fsp3) is 0.588. The molecule has 2 aliphatic carbocycles. The SMILES string of the molecule is CCOc1ccc(C(=O)N[C@@H]2C[C@H]3CC[C@H]2C3)cc1C. The van der Waals surface area contributed by atoms with Crippen LogP contribution < -0.4 is 10.1 Å². The van der Waals surface area contributed by atoms with Crippen LogP contribution in [0.2, 0.25) is 0 Å². The van der Waals surface area contributed by atoms with Gasteiger partial charge in [0, 0.05) is 11.6 Å². The molecule has 2 saturated carbocycles. The number of hydrogen-bond acceptors (Lipinski definition) is 2. The summed E-state index contributed by atoms with van der Waals surface area (Å²) >= 11 is 0. The van der Waals surface area contributed by atoms with E-state index < -0.39 is 0 Å². The fourth-order valence-electron chi connectivity index (χ4n) is 3.78. The molecule has 3 nitrogen and oxygen atoms in total. The molecule has 108 valence electrons. The van der Waals surface area contributed by atoms with Gasteiger partial charge in [-0.25, -0.2) is 0 Å². The van der Waals surface area contributed by atoms with E-state index in [1.165, 1.54) is 25.7 Å². The van der Waals surface area contributed by atoms with Crippen LogP contribution in [0.4, 0.5) is 0 Å².